The number of amides is 4. The first-order valence-electron chi connectivity index (χ1n) is 10.5. The lowest BCUT2D eigenvalue weighted by molar-refractivity contribution is -0.159. The van der Waals surface area contributed by atoms with Gasteiger partial charge in [-0.25, -0.2) is 4.79 Å². The van der Waals surface area contributed by atoms with Crippen molar-refractivity contribution < 1.29 is 14.4 Å². The molecule has 0 aliphatic carbocycles. The van der Waals surface area contributed by atoms with Gasteiger partial charge in [-0.05, 0) is 39.0 Å². The van der Waals surface area contributed by atoms with Gasteiger partial charge in [0.2, 0.25) is 11.8 Å². The Hall–Kier alpha value is -1.47. The number of carbonyl (C=O) groups excluding carboxylic acids is 3. The van der Waals surface area contributed by atoms with Gasteiger partial charge in [0.15, 0.2) is 0 Å². The monoisotopic (exact) mass is 382 g/mol. The SMILES string of the molecule is CCN(CC)CCN1C(=O)N(CCN(CC)CC)C(=O)C(CC)(CC)C1=O. The number of barbiturate groups is 1. The molecule has 0 bridgehead atoms. The number of rotatable bonds is 12. The van der Waals surface area contributed by atoms with Gasteiger partial charge < -0.3 is 9.80 Å². The van der Waals surface area contributed by atoms with Gasteiger partial charge in [0.1, 0.15) is 5.41 Å². The average molecular weight is 383 g/mol. The summed E-state index contributed by atoms with van der Waals surface area (Å²) in [6, 6.07) is -0.457. The molecule has 0 N–H and O–H groups in total. The van der Waals surface area contributed by atoms with E-state index in [0.29, 0.717) is 39.0 Å². The van der Waals surface area contributed by atoms with Crippen molar-refractivity contribution in [3.05, 3.63) is 0 Å². The Morgan fingerprint density at radius 3 is 1.26 bits per heavy atom. The highest BCUT2D eigenvalue weighted by atomic mass is 16.2. The zero-order chi connectivity index (χ0) is 20.6. The predicted octanol–water partition coefficient (Wildman–Crippen LogP) is 2.27. The van der Waals surface area contributed by atoms with Crippen LogP contribution in [0.25, 0.3) is 0 Å². The number of hydrogen-bond acceptors (Lipinski definition) is 5. The predicted molar refractivity (Wildman–Crippen MR) is 107 cm³/mol. The number of urea groups is 1. The average Bonchev–Trinajstić information content (AvgIpc) is 2.68. The van der Waals surface area contributed by atoms with Gasteiger partial charge in [-0.2, -0.15) is 0 Å². The lowest BCUT2D eigenvalue weighted by atomic mass is 9.78. The van der Waals surface area contributed by atoms with E-state index < -0.39 is 11.4 Å². The standard InChI is InChI=1S/C20H38N4O3/c1-7-20(8-2)17(25)23(15-13-21(9-3)10-4)19(27)24(18(20)26)16-14-22(11-5)12-6/h7-16H2,1-6H3. The van der Waals surface area contributed by atoms with Crippen molar-refractivity contribution in [2.45, 2.75) is 54.4 Å². The van der Waals surface area contributed by atoms with Gasteiger partial charge in [0, 0.05) is 26.2 Å². The normalized spacial score (nSPS) is 17.6. The molecule has 4 amide bonds. The fourth-order valence-corrected chi connectivity index (χ4v) is 3.74. The molecule has 156 valence electrons. The van der Waals surface area contributed by atoms with Crippen molar-refractivity contribution >= 4 is 17.8 Å². The second-order valence-electron chi connectivity index (χ2n) is 7.04. The minimum atomic E-state index is -1.11. The molecule has 1 heterocycles. The van der Waals surface area contributed by atoms with Crippen molar-refractivity contribution in [1.29, 1.82) is 0 Å². The summed E-state index contributed by atoms with van der Waals surface area (Å²) >= 11 is 0. The smallest absolute Gasteiger partial charge is 0.302 e. The maximum atomic E-state index is 13.1. The van der Waals surface area contributed by atoms with E-state index in [-0.39, 0.29) is 11.8 Å². The highest BCUT2D eigenvalue weighted by molar-refractivity contribution is 6.19. The number of nitrogens with zero attached hydrogens (tertiary/aromatic N) is 4. The topological polar surface area (TPSA) is 64.2 Å². The molecule has 0 aromatic carbocycles. The molecule has 1 fully saturated rings. The van der Waals surface area contributed by atoms with Crippen LogP contribution in [0, 0.1) is 5.41 Å². The Labute approximate surface area is 164 Å². The Morgan fingerprint density at radius 2 is 1.00 bits per heavy atom. The van der Waals surface area contributed by atoms with Gasteiger partial charge in [-0.1, -0.05) is 41.5 Å². The molecular formula is C20H38N4O3. The van der Waals surface area contributed by atoms with Crippen molar-refractivity contribution in [3.8, 4) is 0 Å². The van der Waals surface area contributed by atoms with E-state index in [1.54, 1.807) is 0 Å². The largest absolute Gasteiger partial charge is 0.333 e. The Morgan fingerprint density at radius 1 is 0.667 bits per heavy atom. The molecule has 7 heteroatoms. The Kier molecular flexibility index (Phi) is 9.39. The highest BCUT2D eigenvalue weighted by Gasteiger charge is 2.54. The van der Waals surface area contributed by atoms with Crippen LogP contribution in [-0.4, -0.2) is 89.8 Å². The summed E-state index contributed by atoms with van der Waals surface area (Å²) in [4.78, 5) is 46.3. The molecular weight excluding hydrogens is 344 g/mol. The van der Waals surface area contributed by atoms with Crippen LogP contribution in [0.2, 0.25) is 0 Å². The van der Waals surface area contributed by atoms with E-state index in [0.717, 1.165) is 26.2 Å². The van der Waals surface area contributed by atoms with E-state index in [9.17, 15) is 14.4 Å². The van der Waals surface area contributed by atoms with Crippen molar-refractivity contribution in [1.82, 2.24) is 19.6 Å². The van der Waals surface area contributed by atoms with E-state index in [4.69, 9.17) is 0 Å². The molecule has 0 unspecified atom stereocenters. The Bertz CT molecular complexity index is 471. The summed E-state index contributed by atoms with van der Waals surface area (Å²) in [5.41, 5.74) is -1.11. The van der Waals surface area contributed by atoms with E-state index >= 15 is 0 Å². The fraction of sp³-hybridized carbons (Fsp3) is 0.850. The van der Waals surface area contributed by atoms with Crippen LogP contribution in [0.4, 0.5) is 4.79 Å². The molecule has 0 radical (unpaired) electrons. The second kappa shape index (κ2) is 10.8. The third-order valence-corrected chi connectivity index (χ3v) is 6.05. The summed E-state index contributed by atoms with van der Waals surface area (Å²) < 4.78 is 0. The molecule has 0 atom stereocenters. The summed E-state index contributed by atoms with van der Waals surface area (Å²) in [6.07, 6.45) is 0.829. The van der Waals surface area contributed by atoms with Gasteiger partial charge in [-0.15, -0.1) is 0 Å². The summed E-state index contributed by atoms with van der Waals surface area (Å²) in [5, 5.41) is 0. The summed E-state index contributed by atoms with van der Waals surface area (Å²) in [7, 11) is 0. The molecule has 1 saturated heterocycles. The number of imide groups is 2. The molecule has 0 aromatic heterocycles. The first-order chi connectivity index (χ1) is 12.9. The summed E-state index contributed by atoms with van der Waals surface area (Å²) in [6.45, 7) is 17.3. The molecule has 0 spiro atoms. The number of carbonyl (C=O) groups is 3. The lowest BCUT2D eigenvalue weighted by Crippen LogP contribution is -2.66. The van der Waals surface area contributed by atoms with Gasteiger partial charge in [0.05, 0.1) is 0 Å². The van der Waals surface area contributed by atoms with Gasteiger partial charge in [-0.3, -0.25) is 19.4 Å². The Balaban J connectivity index is 3.10. The number of hydrogen-bond donors (Lipinski definition) is 0. The molecule has 0 saturated carbocycles. The van der Waals surface area contributed by atoms with Crippen molar-refractivity contribution in [2.24, 2.45) is 5.41 Å². The maximum Gasteiger partial charge on any atom is 0.333 e. The van der Waals surface area contributed by atoms with Crippen molar-refractivity contribution in [3.63, 3.8) is 0 Å². The summed E-state index contributed by atoms with van der Waals surface area (Å²) in [5.74, 6) is -0.650. The first kappa shape index (κ1) is 23.6. The fourth-order valence-electron chi connectivity index (χ4n) is 3.74. The molecule has 7 nitrogen and oxygen atoms in total. The highest BCUT2D eigenvalue weighted by Crippen LogP contribution is 2.35. The molecule has 1 rings (SSSR count). The minimum Gasteiger partial charge on any atom is -0.302 e. The maximum absolute atomic E-state index is 13.1. The van der Waals surface area contributed by atoms with E-state index in [2.05, 4.69) is 37.5 Å². The van der Waals surface area contributed by atoms with Gasteiger partial charge >= 0.3 is 6.03 Å². The van der Waals surface area contributed by atoms with Crippen LogP contribution < -0.4 is 0 Å². The molecule has 1 aliphatic heterocycles. The van der Waals surface area contributed by atoms with Crippen LogP contribution in [-0.2, 0) is 9.59 Å². The quantitative estimate of drug-likeness (QED) is 0.485. The third-order valence-electron chi connectivity index (χ3n) is 6.05. The lowest BCUT2D eigenvalue weighted by Gasteiger charge is -2.44. The molecule has 1 aliphatic rings. The number of likely N-dealkylation sites (N-methyl/N-ethyl adjacent to an activating group) is 2. The third kappa shape index (κ3) is 4.88. The van der Waals surface area contributed by atoms with Crippen LogP contribution in [0.3, 0.4) is 0 Å². The van der Waals surface area contributed by atoms with Gasteiger partial charge in [0.25, 0.3) is 0 Å². The van der Waals surface area contributed by atoms with Crippen LogP contribution in [0.15, 0.2) is 0 Å². The van der Waals surface area contributed by atoms with Crippen LogP contribution in [0.1, 0.15) is 54.4 Å². The zero-order valence-electron chi connectivity index (χ0n) is 18.1. The zero-order valence-corrected chi connectivity index (χ0v) is 18.1. The minimum absolute atomic E-state index is 0.325. The second-order valence-corrected chi connectivity index (χ2v) is 7.04. The molecule has 0 aromatic rings. The van der Waals surface area contributed by atoms with E-state index in [1.165, 1.54) is 9.80 Å². The van der Waals surface area contributed by atoms with Crippen LogP contribution >= 0.6 is 0 Å². The molecule has 27 heavy (non-hydrogen) atoms. The first-order valence-corrected chi connectivity index (χ1v) is 10.5. The van der Waals surface area contributed by atoms with Crippen molar-refractivity contribution in [2.75, 3.05) is 52.4 Å². The van der Waals surface area contributed by atoms with Crippen LogP contribution in [0.5, 0.6) is 0 Å². The van der Waals surface area contributed by atoms with E-state index in [1.807, 2.05) is 13.8 Å².